The smallest absolute Gasteiger partial charge is 0.0899 e. The summed E-state index contributed by atoms with van der Waals surface area (Å²) in [6, 6.07) is 5.41. The van der Waals surface area contributed by atoms with E-state index in [0.29, 0.717) is 11.4 Å². The highest BCUT2D eigenvalue weighted by atomic mass is 35.5. The van der Waals surface area contributed by atoms with Crippen LogP contribution in [-0.4, -0.2) is 5.11 Å². The van der Waals surface area contributed by atoms with Gasteiger partial charge in [-0.05, 0) is 24.1 Å². The van der Waals surface area contributed by atoms with Crippen LogP contribution in [0.25, 0.3) is 0 Å². The molecule has 1 rings (SSSR count). The van der Waals surface area contributed by atoms with Crippen molar-refractivity contribution in [3.05, 3.63) is 34.3 Å². The van der Waals surface area contributed by atoms with Gasteiger partial charge in [0.15, 0.2) is 0 Å². The highest BCUT2D eigenvalue weighted by molar-refractivity contribution is 6.31. The second-order valence-electron chi connectivity index (χ2n) is 2.93. The lowest BCUT2D eigenvalue weighted by Crippen LogP contribution is -1.96. The predicted molar refractivity (Wildman–Crippen MR) is 54.6 cm³/mol. The lowest BCUT2D eigenvalue weighted by Gasteiger charge is -2.08. The van der Waals surface area contributed by atoms with E-state index in [4.69, 9.17) is 18.0 Å². The largest absolute Gasteiger partial charge is 0.387 e. The summed E-state index contributed by atoms with van der Waals surface area (Å²) in [5, 5.41) is 10.3. The molecule has 0 amide bonds. The normalized spacial score (nSPS) is 12.2. The standard InChI is InChI=1S/C11H11ClO/c1-3-4-11(13)9-5-6-10(12)8(2)7-9/h1,5-7,11,13H,4H2,2H3. The van der Waals surface area contributed by atoms with E-state index >= 15 is 0 Å². The monoisotopic (exact) mass is 194 g/mol. The molecule has 2 heteroatoms. The topological polar surface area (TPSA) is 20.2 Å². The highest BCUT2D eigenvalue weighted by Crippen LogP contribution is 2.22. The van der Waals surface area contributed by atoms with E-state index in [1.807, 2.05) is 13.0 Å². The summed E-state index contributed by atoms with van der Waals surface area (Å²) in [4.78, 5) is 0. The molecule has 1 N–H and O–H groups in total. The first kappa shape index (κ1) is 10.1. The van der Waals surface area contributed by atoms with Crippen LogP contribution in [0.3, 0.4) is 0 Å². The summed E-state index contributed by atoms with van der Waals surface area (Å²) in [5.41, 5.74) is 1.77. The van der Waals surface area contributed by atoms with Crippen LogP contribution < -0.4 is 0 Å². The average Bonchev–Trinajstić information content (AvgIpc) is 2.10. The van der Waals surface area contributed by atoms with Gasteiger partial charge in [0.1, 0.15) is 0 Å². The second-order valence-corrected chi connectivity index (χ2v) is 3.34. The first-order valence-corrected chi connectivity index (χ1v) is 4.40. The molecule has 0 fully saturated rings. The third-order valence-corrected chi connectivity index (χ3v) is 2.30. The van der Waals surface area contributed by atoms with Gasteiger partial charge < -0.3 is 5.11 Å². The molecule has 0 bridgehead atoms. The van der Waals surface area contributed by atoms with Crippen LogP contribution in [0.15, 0.2) is 18.2 Å². The minimum absolute atomic E-state index is 0.334. The summed E-state index contributed by atoms with van der Waals surface area (Å²) >= 11 is 5.84. The average molecular weight is 195 g/mol. The first-order valence-electron chi connectivity index (χ1n) is 4.02. The van der Waals surface area contributed by atoms with E-state index in [2.05, 4.69) is 5.92 Å². The molecule has 68 valence electrons. The van der Waals surface area contributed by atoms with Crippen LogP contribution >= 0.6 is 11.6 Å². The molecule has 0 heterocycles. The number of hydrogen-bond donors (Lipinski definition) is 1. The number of benzene rings is 1. The number of aliphatic hydroxyl groups is 1. The number of aliphatic hydroxyl groups excluding tert-OH is 1. The fourth-order valence-corrected chi connectivity index (χ4v) is 1.22. The van der Waals surface area contributed by atoms with E-state index < -0.39 is 6.10 Å². The molecule has 1 atom stereocenters. The van der Waals surface area contributed by atoms with E-state index in [0.717, 1.165) is 11.1 Å². The zero-order valence-corrected chi connectivity index (χ0v) is 8.17. The third kappa shape index (κ3) is 2.48. The number of terminal acetylenes is 1. The van der Waals surface area contributed by atoms with Gasteiger partial charge >= 0.3 is 0 Å². The number of halogens is 1. The van der Waals surface area contributed by atoms with Crippen molar-refractivity contribution in [2.45, 2.75) is 19.4 Å². The Morgan fingerprint density at radius 1 is 1.62 bits per heavy atom. The van der Waals surface area contributed by atoms with Crippen LogP contribution in [0.2, 0.25) is 5.02 Å². The van der Waals surface area contributed by atoms with Crippen molar-refractivity contribution in [2.75, 3.05) is 0 Å². The minimum atomic E-state index is -0.582. The Morgan fingerprint density at radius 3 is 2.85 bits per heavy atom. The summed E-state index contributed by atoms with van der Waals surface area (Å²) in [5.74, 6) is 2.42. The molecule has 0 aliphatic heterocycles. The SMILES string of the molecule is C#CCC(O)c1ccc(Cl)c(C)c1. The maximum Gasteiger partial charge on any atom is 0.0899 e. The van der Waals surface area contributed by atoms with Crippen LogP contribution in [0.5, 0.6) is 0 Å². The lowest BCUT2D eigenvalue weighted by molar-refractivity contribution is 0.184. The van der Waals surface area contributed by atoms with Crippen molar-refractivity contribution >= 4 is 11.6 Å². The Bertz CT molecular complexity index is 338. The molecule has 0 aliphatic carbocycles. The van der Waals surface area contributed by atoms with Crippen molar-refractivity contribution in [3.8, 4) is 12.3 Å². The minimum Gasteiger partial charge on any atom is -0.387 e. The van der Waals surface area contributed by atoms with Gasteiger partial charge in [-0.1, -0.05) is 23.7 Å². The Labute approximate surface area is 83.4 Å². The number of hydrogen-bond acceptors (Lipinski definition) is 1. The van der Waals surface area contributed by atoms with Gasteiger partial charge in [0.05, 0.1) is 6.10 Å². The fraction of sp³-hybridized carbons (Fsp3) is 0.273. The van der Waals surface area contributed by atoms with Crippen LogP contribution in [0.1, 0.15) is 23.7 Å². The van der Waals surface area contributed by atoms with Gasteiger partial charge in [-0.3, -0.25) is 0 Å². The maximum absolute atomic E-state index is 9.55. The molecule has 1 unspecified atom stereocenters. The summed E-state index contributed by atoms with van der Waals surface area (Å²) < 4.78 is 0. The predicted octanol–water partition coefficient (Wildman–Crippen LogP) is 2.71. The van der Waals surface area contributed by atoms with E-state index in [1.165, 1.54) is 0 Å². The van der Waals surface area contributed by atoms with Crippen molar-refractivity contribution in [2.24, 2.45) is 0 Å². The molecular weight excluding hydrogens is 184 g/mol. The number of aryl methyl sites for hydroxylation is 1. The molecule has 0 aromatic heterocycles. The summed E-state index contributed by atoms with van der Waals surface area (Å²) in [7, 11) is 0. The van der Waals surface area contributed by atoms with Crippen molar-refractivity contribution < 1.29 is 5.11 Å². The van der Waals surface area contributed by atoms with Crippen LogP contribution in [0, 0.1) is 19.3 Å². The maximum atomic E-state index is 9.55. The van der Waals surface area contributed by atoms with Gasteiger partial charge in [0, 0.05) is 11.4 Å². The third-order valence-electron chi connectivity index (χ3n) is 1.88. The molecule has 13 heavy (non-hydrogen) atoms. The van der Waals surface area contributed by atoms with E-state index in [1.54, 1.807) is 12.1 Å². The van der Waals surface area contributed by atoms with Crippen LogP contribution in [0.4, 0.5) is 0 Å². The quantitative estimate of drug-likeness (QED) is 0.718. The zero-order valence-electron chi connectivity index (χ0n) is 7.42. The first-order chi connectivity index (χ1) is 6.15. The van der Waals surface area contributed by atoms with Crippen molar-refractivity contribution in [1.82, 2.24) is 0 Å². The molecule has 0 spiro atoms. The molecule has 0 radical (unpaired) electrons. The Morgan fingerprint density at radius 2 is 2.31 bits per heavy atom. The van der Waals surface area contributed by atoms with Gasteiger partial charge in [-0.15, -0.1) is 12.3 Å². The molecular formula is C11H11ClO. The fourth-order valence-electron chi connectivity index (χ4n) is 1.10. The van der Waals surface area contributed by atoms with Gasteiger partial charge in [-0.25, -0.2) is 0 Å². The van der Waals surface area contributed by atoms with E-state index in [9.17, 15) is 5.11 Å². The second kappa shape index (κ2) is 4.32. The lowest BCUT2D eigenvalue weighted by atomic mass is 10.0. The van der Waals surface area contributed by atoms with Crippen molar-refractivity contribution in [1.29, 1.82) is 0 Å². The van der Waals surface area contributed by atoms with Gasteiger partial charge in [0.25, 0.3) is 0 Å². The molecule has 0 saturated carbocycles. The number of rotatable bonds is 2. The Kier molecular flexibility index (Phi) is 3.36. The summed E-state index contributed by atoms with van der Waals surface area (Å²) in [6.07, 6.45) is 4.85. The highest BCUT2D eigenvalue weighted by Gasteiger charge is 2.06. The van der Waals surface area contributed by atoms with Crippen LogP contribution in [-0.2, 0) is 0 Å². The van der Waals surface area contributed by atoms with E-state index in [-0.39, 0.29) is 0 Å². The van der Waals surface area contributed by atoms with Gasteiger partial charge in [0.2, 0.25) is 0 Å². The Hall–Kier alpha value is -0.970. The van der Waals surface area contributed by atoms with Crippen molar-refractivity contribution in [3.63, 3.8) is 0 Å². The van der Waals surface area contributed by atoms with Gasteiger partial charge in [-0.2, -0.15) is 0 Å². The molecule has 1 aromatic carbocycles. The zero-order chi connectivity index (χ0) is 9.84. The Balaban J connectivity index is 2.91. The molecule has 1 aromatic rings. The molecule has 0 saturated heterocycles. The molecule has 0 aliphatic rings. The molecule has 1 nitrogen and oxygen atoms in total. The summed E-state index contributed by atoms with van der Waals surface area (Å²) in [6.45, 7) is 1.90.